The van der Waals surface area contributed by atoms with Crippen molar-refractivity contribution in [3.05, 3.63) is 53.4 Å². The second-order valence-corrected chi connectivity index (χ2v) is 6.39. The van der Waals surface area contributed by atoms with Crippen LogP contribution in [-0.2, 0) is 14.8 Å². The summed E-state index contributed by atoms with van der Waals surface area (Å²) in [5, 5.41) is 9.30. The number of aliphatic carboxylic acids is 1. The SMILES string of the molecule is O=C(O)C[C@H](NS(=O)(=O)c1ccc(Cl)cc1)c1ccco1. The Morgan fingerprint density at radius 3 is 2.48 bits per heavy atom. The summed E-state index contributed by atoms with van der Waals surface area (Å²) in [5.41, 5.74) is 0. The predicted octanol–water partition coefficient (Wildman–Crippen LogP) is 2.43. The molecule has 0 amide bonds. The quantitative estimate of drug-likeness (QED) is 0.848. The molecule has 8 heteroatoms. The van der Waals surface area contributed by atoms with Crippen LogP contribution >= 0.6 is 11.6 Å². The fourth-order valence-electron chi connectivity index (χ4n) is 1.73. The second kappa shape index (κ2) is 6.30. The van der Waals surface area contributed by atoms with Gasteiger partial charge in [-0.05, 0) is 36.4 Å². The van der Waals surface area contributed by atoms with Crippen LogP contribution in [0.2, 0.25) is 5.02 Å². The first-order valence-corrected chi connectivity index (χ1v) is 7.78. The molecule has 0 spiro atoms. The maximum atomic E-state index is 12.2. The molecule has 0 bridgehead atoms. The molecule has 21 heavy (non-hydrogen) atoms. The Bertz CT molecular complexity index is 710. The number of carboxylic acids is 1. The molecule has 0 radical (unpaired) electrons. The Morgan fingerprint density at radius 2 is 1.95 bits per heavy atom. The topological polar surface area (TPSA) is 96.6 Å². The largest absolute Gasteiger partial charge is 0.481 e. The van der Waals surface area contributed by atoms with Gasteiger partial charge in [-0.2, -0.15) is 4.72 Å². The molecule has 1 aromatic carbocycles. The number of carbonyl (C=O) groups is 1. The molecular formula is C13H12ClNO5S. The van der Waals surface area contributed by atoms with Gasteiger partial charge in [-0.1, -0.05) is 11.6 Å². The molecule has 0 saturated heterocycles. The molecule has 0 saturated carbocycles. The molecule has 1 aromatic heterocycles. The summed E-state index contributed by atoms with van der Waals surface area (Å²) in [6, 6.07) is 7.64. The molecule has 1 heterocycles. The molecule has 1 atom stereocenters. The van der Waals surface area contributed by atoms with Gasteiger partial charge in [0.05, 0.1) is 23.6 Å². The van der Waals surface area contributed by atoms with E-state index in [-0.39, 0.29) is 10.7 Å². The van der Waals surface area contributed by atoms with Gasteiger partial charge in [-0.3, -0.25) is 4.79 Å². The van der Waals surface area contributed by atoms with Crippen LogP contribution in [0.1, 0.15) is 18.2 Å². The van der Waals surface area contributed by atoms with Crippen molar-refractivity contribution in [1.29, 1.82) is 0 Å². The lowest BCUT2D eigenvalue weighted by molar-refractivity contribution is -0.137. The number of furan rings is 1. The third-order valence-electron chi connectivity index (χ3n) is 2.69. The summed E-state index contributed by atoms with van der Waals surface area (Å²) >= 11 is 5.71. The van der Waals surface area contributed by atoms with Gasteiger partial charge >= 0.3 is 5.97 Å². The smallest absolute Gasteiger partial charge is 0.305 e. The number of carboxylic acid groups (broad SMARTS) is 1. The summed E-state index contributed by atoms with van der Waals surface area (Å²) in [5.74, 6) is -0.912. The van der Waals surface area contributed by atoms with Crippen LogP contribution in [0.15, 0.2) is 52.0 Å². The van der Waals surface area contributed by atoms with E-state index < -0.39 is 28.5 Å². The summed E-state index contributed by atoms with van der Waals surface area (Å²) in [6.07, 6.45) is 0.918. The number of hydrogen-bond acceptors (Lipinski definition) is 4. The molecule has 6 nitrogen and oxygen atoms in total. The van der Waals surface area contributed by atoms with Crippen LogP contribution < -0.4 is 4.72 Å². The number of benzene rings is 1. The number of nitrogens with one attached hydrogen (secondary N) is 1. The zero-order valence-electron chi connectivity index (χ0n) is 10.7. The highest BCUT2D eigenvalue weighted by molar-refractivity contribution is 7.89. The minimum absolute atomic E-state index is 0.00570. The molecule has 0 fully saturated rings. The summed E-state index contributed by atoms with van der Waals surface area (Å²) in [7, 11) is -3.88. The molecule has 0 aliphatic rings. The van der Waals surface area contributed by atoms with Crippen molar-refractivity contribution in [2.24, 2.45) is 0 Å². The standard InChI is InChI=1S/C13H12ClNO5S/c14-9-3-5-10(6-4-9)21(18,19)15-11(8-13(16)17)12-2-1-7-20-12/h1-7,11,15H,8H2,(H,16,17)/t11-/m0/s1. The predicted molar refractivity (Wildman–Crippen MR) is 75.5 cm³/mol. The Balaban J connectivity index is 2.27. The highest BCUT2D eigenvalue weighted by atomic mass is 35.5. The highest BCUT2D eigenvalue weighted by Gasteiger charge is 2.25. The Morgan fingerprint density at radius 1 is 1.29 bits per heavy atom. The van der Waals surface area contributed by atoms with Crippen LogP contribution in [0.25, 0.3) is 0 Å². The Kier molecular flexibility index (Phi) is 4.66. The van der Waals surface area contributed by atoms with Crippen molar-refractivity contribution in [3.8, 4) is 0 Å². The third kappa shape index (κ3) is 4.07. The molecule has 2 aromatic rings. The summed E-state index contributed by atoms with van der Waals surface area (Å²) < 4.78 is 31.9. The van der Waals surface area contributed by atoms with Crippen LogP contribution in [0.3, 0.4) is 0 Å². The van der Waals surface area contributed by atoms with Crippen molar-refractivity contribution < 1.29 is 22.7 Å². The molecule has 0 aliphatic heterocycles. The van der Waals surface area contributed by atoms with Crippen molar-refractivity contribution >= 4 is 27.6 Å². The molecular weight excluding hydrogens is 318 g/mol. The van der Waals surface area contributed by atoms with E-state index in [1.165, 1.54) is 36.6 Å². The van der Waals surface area contributed by atoms with Crippen LogP contribution in [0.5, 0.6) is 0 Å². The average molecular weight is 330 g/mol. The Hall–Kier alpha value is -1.83. The van der Waals surface area contributed by atoms with Gasteiger partial charge in [0, 0.05) is 5.02 Å². The lowest BCUT2D eigenvalue weighted by atomic mass is 10.2. The number of halogens is 1. The van der Waals surface area contributed by atoms with Gasteiger partial charge in [-0.25, -0.2) is 8.42 Å². The van der Waals surface area contributed by atoms with E-state index in [9.17, 15) is 13.2 Å². The van der Waals surface area contributed by atoms with E-state index in [4.69, 9.17) is 21.1 Å². The van der Waals surface area contributed by atoms with Crippen molar-refractivity contribution in [3.63, 3.8) is 0 Å². The maximum absolute atomic E-state index is 12.2. The van der Waals surface area contributed by atoms with Crippen LogP contribution in [-0.4, -0.2) is 19.5 Å². The Labute approximate surface area is 126 Å². The maximum Gasteiger partial charge on any atom is 0.305 e. The fourth-order valence-corrected chi connectivity index (χ4v) is 3.06. The zero-order chi connectivity index (χ0) is 15.5. The minimum Gasteiger partial charge on any atom is -0.481 e. The molecule has 2 rings (SSSR count). The minimum atomic E-state index is -3.88. The zero-order valence-corrected chi connectivity index (χ0v) is 12.3. The first-order chi connectivity index (χ1) is 9.88. The van der Waals surface area contributed by atoms with E-state index in [1.54, 1.807) is 6.07 Å². The van der Waals surface area contributed by atoms with Gasteiger partial charge < -0.3 is 9.52 Å². The van der Waals surface area contributed by atoms with Crippen molar-refractivity contribution in [2.45, 2.75) is 17.4 Å². The number of sulfonamides is 1. The van der Waals surface area contributed by atoms with E-state index in [0.29, 0.717) is 5.02 Å². The average Bonchev–Trinajstić information content (AvgIpc) is 2.91. The van der Waals surface area contributed by atoms with E-state index in [0.717, 1.165) is 0 Å². The van der Waals surface area contributed by atoms with Gasteiger partial charge in [0.1, 0.15) is 5.76 Å². The van der Waals surface area contributed by atoms with Crippen molar-refractivity contribution in [2.75, 3.05) is 0 Å². The second-order valence-electron chi connectivity index (χ2n) is 4.24. The number of hydrogen-bond donors (Lipinski definition) is 2. The first-order valence-electron chi connectivity index (χ1n) is 5.91. The molecule has 0 aliphatic carbocycles. The van der Waals surface area contributed by atoms with E-state index >= 15 is 0 Å². The van der Waals surface area contributed by atoms with Crippen molar-refractivity contribution in [1.82, 2.24) is 4.72 Å². The van der Waals surface area contributed by atoms with E-state index in [1.807, 2.05) is 0 Å². The normalized spacial score (nSPS) is 13.0. The monoisotopic (exact) mass is 329 g/mol. The first kappa shape index (κ1) is 15.6. The third-order valence-corrected chi connectivity index (χ3v) is 4.43. The lowest BCUT2D eigenvalue weighted by Crippen LogP contribution is -2.30. The van der Waals surface area contributed by atoms with Gasteiger partial charge in [0.2, 0.25) is 10.0 Å². The summed E-state index contributed by atoms with van der Waals surface area (Å²) in [4.78, 5) is 10.9. The fraction of sp³-hybridized carbons (Fsp3) is 0.154. The van der Waals surface area contributed by atoms with Gasteiger partial charge in [-0.15, -0.1) is 0 Å². The highest BCUT2D eigenvalue weighted by Crippen LogP contribution is 2.21. The number of rotatable bonds is 6. The van der Waals surface area contributed by atoms with E-state index in [2.05, 4.69) is 4.72 Å². The molecule has 0 unspecified atom stereocenters. The van der Waals surface area contributed by atoms with Gasteiger partial charge in [0.15, 0.2) is 0 Å². The lowest BCUT2D eigenvalue weighted by Gasteiger charge is -2.15. The van der Waals surface area contributed by atoms with Gasteiger partial charge in [0.25, 0.3) is 0 Å². The molecule has 2 N–H and O–H groups in total. The molecule has 112 valence electrons. The van der Waals surface area contributed by atoms with Crippen LogP contribution in [0.4, 0.5) is 0 Å². The summed E-state index contributed by atoms with van der Waals surface area (Å²) in [6.45, 7) is 0. The van der Waals surface area contributed by atoms with Crippen LogP contribution in [0, 0.1) is 0 Å².